The van der Waals surface area contributed by atoms with E-state index in [1.54, 1.807) is 30.3 Å². The minimum Gasteiger partial charge on any atom is -0.396 e. The third kappa shape index (κ3) is 2.95. The summed E-state index contributed by atoms with van der Waals surface area (Å²) in [5.41, 5.74) is 5.96. The van der Waals surface area contributed by atoms with Gasteiger partial charge in [0, 0.05) is 5.56 Å². The van der Waals surface area contributed by atoms with Crippen LogP contribution in [-0.4, -0.2) is 18.9 Å². The zero-order valence-corrected chi connectivity index (χ0v) is 11.1. The minimum absolute atomic E-state index is 0.119. The highest BCUT2D eigenvalue weighted by molar-refractivity contribution is 7.86. The molecule has 0 atom stereocenters. The maximum absolute atomic E-state index is 11.9. The van der Waals surface area contributed by atoms with E-state index in [1.807, 2.05) is 0 Å². The second kappa shape index (κ2) is 5.32. The average molecular weight is 292 g/mol. The van der Waals surface area contributed by atoms with E-state index in [-0.39, 0.29) is 11.4 Å². The van der Waals surface area contributed by atoms with Gasteiger partial charge >= 0.3 is 0 Å². The molecular formula is C13H12N2O4S. The SMILES string of the molecule is Nc1c(NC(=O)c2ccccc2)cccc1S(=O)(=O)O. The Morgan fingerprint density at radius 3 is 2.30 bits per heavy atom. The van der Waals surface area contributed by atoms with E-state index in [9.17, 15) is 13.2 Å². The topological polar surface area (TPSA) is 109 Å². The van der Waals surface area contributed by atoms with Crippen LogP contribution < -0.4 is 11.1 Å². The average Bonchev–Trinajstić information content (AvgIpc) is 2.40. The lowest BCUT2D eigenvalue weighted by Gasteiger charge is -2.10. The first-order valence-electron chi connectivity index (χ1n) is 5.62. The van der Waals surface area contributed by atoms with Crippen LogP contribution in [0.25, 0.3) is 0 Å². The quantitative estimate of drug-likeness (QED) is 0.590. The van der Waals surface area contributed by atoms with Crippen LogP contribution in [0.2, 0.25) is 0 Å². The Bertz CT molecular complexity index is 742. The fourth-order valence-corrected chi connectivity index (χ4v) is 2.30. The van der Waals surface area contributed by atoms with Gasteiger partial charge in [-0.05, 0) is 24.3 Å². The number of carbonyl (C=O) groups is 1. The summed E-state index contributed by atoms with van der Waals surface area (Å²) >= 11 is 0. The highest BCUT2D eigenvalue weighted by Crippen LogP contribution is 2.26. The van der Waals surface area contributed by atoms with Gasteiger partial charge in [0.15, 0.2) is 0 Å². The van der Waals surface area contributed by atoms with E-state index in [0.29, 0.717) is 5.56 Å². The van der Waals surface area contributed by atoms with E-state index in [1.165, 1.54) is 12.1 Å². The molecule has 2 rings (SSSR count). The molecule has 0 aliphatic rings. The third-order valence-corrected chi connectivity index (χ3v) is 3.54. The molecule has 0 aromatic heterocycles. The maximum Gasteiger partial charge on any atom is 0.296 e. The van der Waals surface area contributed by atoms with Crippen molar-refractivity contribution < 1.29 is 17.8 Å². The fraction of sp³-hybridized carbons (Fsp3) is 0. The third-order valence-electron chi connectivity index (χ3n) is 2.63. The molecule has 104 valence electrons. The molecule has 0 radical (unpaired) electrons. The lowest BCUT2D eigenvalue weighted by molar-refractivity contribution is 0.102. The minimum atomic E-state index is -4.43. The highest BCUT2D eigenvalue weighted by atomic mass is 32.2. The second-order valence-electron chi connectivity index (χ2n) is 4.01. The molecule has 0 aliphatic heterocycles. The number of amides is 1. The zero-order valence-electron chi connectivity index (χ0n) is 10.3. The molecule has 0 saturated carbocycles. The molecule has 0 aliphatic carbocycles. The zero-order chi connectivity index (χ0) is 14.8. The summed E-state index contributed by atoms with van der Waals surface area (Å²) < 4.78 is 31.3. The summed E-state index contributed by atoms with van der Waals surface area (Å²) in [5, 5.41) is 2.50. The van der Waals surface area contributed by atoms with Crippen LogP contribution in [0, 0.1) is 0 Å². The number of benzene rings is 2. The van der Waals surface area contributed by atoms with Crippen LogP contribution in [0.5, 0.6) is 0 Å². The first-order chi connectivity index (χ1) is 9.39. The van der Waals surface area contributed by atoms with Crippen molar-refractivity contribution in [1.82, 2.24) is 0 Å². The second-order valence-corrected chi connectivity index (χ2v) is 5.40. The van der Waals surface area contributed by atoms with Gasteiger partial charge in [0.25, 0.3) is 16.0 Å². The van der Waals surface area contributed by atoms with E-state index < -0.39 is 20.9 Å². The van der Waals surface area contributed by atoms with Gasteiger partial charge < -0.3 is 11.1 Å². The predicted octanol–water partition coefficient (Wildman–Crippen LogP) is 1.77. The van der Waals surface area contributed by atoms with Crippen molar-refractivity contribution >= 4 is 27.4 Å². The maximum atomic E-state index is 11.9. The normalized spacial score (nSPS) is 11.1. The Morgan fingerprint density at radius 2 is 1.70 bits per heavy atom. The molecule has 1 amide bonds. The number of nitrogen functional groups attached to an aromatic ring is 1. The number of rotatable bonds is 3. The van der Waals surface area contributed by atoms with Gasteiger partial charge in [-0.3, -0.25) is 9.35 Å². The number of nitrogens with two attached hydrogens (primary N) is 1. The van der Waals surface area contributed by atoms with Crippen LogP contribution >= 0.6 is 0 Å². The molecule has 0 unspecified atom stereocenters. The molecule has 4 N–H and O–H groups in total. The molecule has 0 heterocycles. The number of carbonyl (C=O) groups excluding carboxylic acids is 1. The van der Waals surface area contributed by atoms with Crippen LogP contribution in [0.1, 0.15) is 10.4 Å². The molecule has 0 spiro atoms. The van der Waals surface area contributed by atoms with Gasteiger partial charge in [0.05, 0.1) is 11.4 Å². The molecule has 2 aromatic carbocycles. The van der Waals surface area contributed by atoms with Crippen LogP contribution in [0.3, 0.4) is 0 Å². The van der Waals surface area contributed by atoms with Gasteiger partial charge in [-0.15, -0.1) is 0 Å². The fourth-order valence-electron chi connectivity index (χ4n) is 1.66. The van der Waals surface area contributed by atoms with Crippen LogP contribution in [0.15, 0.2) is 53.4 Å². The number of nitrogens with one attached hydrogen (secondary N) is 1. The first kappa shape index (κ1) is 14.0. The van der Waals surface area contributed by atoms with Crippen LogP contribution in [-0.2, 0) is 10.1 Å². The molecule has 6 nitrogen and oxygen atoms in total. The Kier molecular flexibility index (Phi) is 3.73. The van der Waals surface area contributed by atoms with Gasteiger partial charge in [0.1, 0.15) is 4.90 Å². The number of hydrogen-bond donors (Lipinski definition) is 3. The predicted molar refractivity (Wildman–Crippen MR) is 75.1 cm³/mol. The summed E-state index contributed by atoms with van der Waals surface area (Å²) in [6.45, 7) is 0. The van der Waals surface area contributed by atoms with Gasteiger partial charge in [-0.2, -0.15) is 8.42 Å². The molecule has 2 aromatic rings. The first-order valence-corrected chi connectivity index (χ1v) is 7.06. The largest absolute Gasteiger partial charge is 0.396 e. The smallest absolute Gasteiger partial charge is 0.296 e. The van der Waals surface area contributed by atoms with E-state index in [0.717, 1.165) is 6.07 Å². The van der Waals surface area contributed by atoms with Crippen molar-refractivity contribution in [2.45, 2.75) is 4.90 Å². The van der Waals surface area contributed by atoms with Gasteiger partial charge in [0.2, 0.25) is 0 Å². The summed E-state index contributed by atoms with van der Waals surface area (Å²) in [4.78, 5) is 11.5. The Hall–Kier alpha value is -2.38. The number of para-hydroxylation sites is 1. The van der Waals surface area contributed by atoms with Gasteiger partial charge in [-0.1, -0.05) is 24.3 Å². The van der Waals surface area contributed by atoms with Crippen molar-refractivity contribution in [3.8, 4) is 0 Å². The standard InChI is InChI=1S/C13H12N2O4S/c14-12-10(7-4-8-11(12)20(17,18)19)15-13(16)9-5-2-1-3-6-9/h1-8H,14H2,(H,15,16)(H,17,18,19). The Morgan fingerprint density at radius 1 is 1.05 bits per heavy atom. The molecule has 0 saturated heterocycles. The summed E-state index contributed by atoms with van der Waals surface area (Å²) in [6.07, 6.45) is 0. The molecule has 0 bridgehead atoms. The van der Waals surface area contributed by atoms with Crippen LogP contribution in [0.4, 0.5) is 11.4 Å². The van der Waals surface area contributed by atoms with Crippen molar-refractivity contribution in [3.05, 3.63) is 54.1 Å². The Balaban J connectivity index is 2.34. The van der Waals surface area contributed by atoms with Crippen molar-refractivity contribution in [1.29, 1.82) is 0 Å². The van der Waals surface area contributed by atoms with Crippen molar-refractivity contribution in [3.63, 3.8) is 0 Å². The molecular weight excluding hydrogens is 280 g/mol. The van der Waals surface area contributed by atoms with Crippen molar-refractivity contribution in [2.75, 3.05) is 11.1 Å². The van der Waals surface area contributed by atoms with E-state index in [2.05, 4.69) is 5.32 Å². The molecule has 20 heavy (non-hydrogen) atoms. The highest BCUT2D eigenvalue weighted by Gasteiger charge is 2.17. The summed E-state index contributed by atoms with van der Waals surface area (Å²) in [6, 6.07) is 12.4. The molecule has 0 fully saturated rings. The van der Waals surface area contributed by atoms with Crippen molar-refractivity contribution in [2.24, 2.45) is 0 Å². The number of anilines is 2. The monoisotopic (exact) mass is 292 g/mol. The number of hydrogen-bond acceptors (Lipinski definition) is 4. The lowest BCUT2D eigenvalue weighted by atomic mass is 10.2. The summed E-state index contributed by atoms with van der Waals surface area (Å²) in [7, 11) is -4.43. The van der Waals surface area contributed by atoms with Gasteiger partial charge in [-0.25, -0.2) is 0 Å². The lowest BCUT2D eigenvalue weighted by Crippen LogP contribution is -2.14. The Labute approximate surface area is 116 Å². The van der Waals surface area contributed by atoms with E-state index >= 15 is 0 Å². The summed E-state index contributed by atoms with van der Waals surface area (Å²) in [5.74, 6) is -0.426. The van der Waals surface area contributed by atoms with E-state index in [4.69, 9.17) is 10.3 Å². The molecule has 7 heteroatoms.